The van der Waals surface area contributed by atoms with Crippen LogP contribution in [-0.2, 0) is 16.6 Å². The van der Waals surface area contributed by atoms with Gasteiger partial charge in [0, 0.05) is 39.3 Å². The van der Waals surface area contributed by atoms with Crippen LogP contribution >= 0.6 is 0 Å². The highest BCUT2D eigenvalue weighted by Crippen LogP contribution is 2.42. The van der Waals surface area contributed by atoms with Crippen LogP contribution in [-0.4, -0.2) is 74.6 Å². The second-order valence-corrected chi connectivity index (χ2v) is 10.7. The van der Waals surface area contributed by atoms with Crippen LogP contribution in [0.15, 0.2) is 24.3 Å². The number of nitrogens with zero attached hydrogens (tertiary/aromatic N) is 3. The van der Waals surface area contributed by atoms with Crippen molar-refractivity contribution in [3.8, 4) is 0 Å². The summed E-state index contributed by atoms with van der Waals surface area (Å²) in [6, 6.07) is 9.34. The minimum atomic E-state index is -3.02. The summed E-state index contributed by atoms with van der Waals surface area (Å²) in [4.78, 5) is 5.00. The molecule has 0 atom stereocenters. The van der Waals surface area contributed by atoms with E-state index in [1.54, 1.807) is 4.31 Å². The van der Waals surface area contributed by atoms with Gasteiger partial charge < -0.3 is 4.90 Å². The van der Waals surface area contributed by atoms with Crippen LogP contribution in [0.5, 0.6) is 0 Å². The van der Waals surface area contributed by atoms with Crippen molar-refractivity contribution < 1.29 is 8.42 Å². The van der Waals surface area contributed by atoms with Gasteiger partial charge in [-0.1, -0.05) is 24.3 Å². The highest BCUT2D eigenvalue weighted by molar-refractivity contribution is 7.88. The SMILES string of the molecule is CS(=O)(=O)N1CCN(CC2CC(c3ccc(CN4CCCC4)cc3)C2)CC1. The summed E-state index contributed by atoms with van der Waals surface area (Å²) >= 11 is 0. The van der Waals surface area contributed by atoms with Crippen molar-refractivity contribution in [1.29, 1.82) is 0 Å². The van der Waals surface area contributed by atoms with E-state index in [-0.39, 0.29) is 0 Å². The Labute approximate surface area is 164 Å². The van der Waals surface area contributed by atoms with Gasteiger partial charge in [0.25, 0.3) is 0 Å². The van der Waals surface area contributed by atoms with Gasteiger partial charge in [-0.3, -0.25) is 4.90 Å². The second-order valence-electron chi connectivity index (χ2n) is 8.72. The lowest BCUT2D eigenvalue weighted by molar-refractivity contribution is 0.124. The monoisotopic (exact) mass is 391 g/mol. The first kappa shape index (κ1) is 19.4. The summed E-state index contributed by atoms with van der Waals surface area (Å²) in [6.45, 7) is 7.78. The van der Waals surface area contributed by atoms with Crippen molar-refractivity contribution in [3.05, 3.63) is 35.4 Å². The van der Waals surface area contributed by atoms with Gasteiger partial charge in [-0.15, -0.1) is 0 Å². The molecule has 6 heteroatoms. The molecule has 1 aromatic carbocycles. The molecule has 27 heavy (non-hydrogen) atoms. The average molecular weight is 392 g/mol. The van der Waals surface area contributed by atoms with E-state index in [1.165, 1.54) is 56.2 Å². The van der Waals surface area contributed by atoms with E-state index < -0.39 is 10.0 Å². The summed E-state index contributed by atoms with van der Waals surface area (Å²) < 4.78 is 24.8. The summed E-state index contributed by atoms with van der Waals surface area (Å²) in [6.07, 6.45) is 6.57. The number of benzene rings is 1. The van der Waals surface area contributed by atoms with Crippen molar-refractivity contribution >= 4 is 10.0 Å². The Morgan fingerprint density at radius 1 is 0.889 bits per heavy atom. The topological polar surface area (TPSA) is 43.9 Å². The number of piperazine rings is 1. The van der Waals surface area contributed by atoms with Crippen molar-refractivity contribution in [2.45, 2.75) is 38.1 Å². The van der Waals surface area contributed by atoms with Gasteiger partial charge in [0.15, 0.2) is 0 Å². The molecule has 2 saturated heterocycles. The molecular formula is C21H33N3O2S. The Morgan fingerprint density at radius 2 is 1.52 bits per heavy atom. The van der Waals surface area contributed by atoms with Crippen LogP contribution in [0.4, 0.5) is 0 Å². The van der Waals surface area contributed by atoms with Crippen molar-refractivity contribution in [1.82, 2.24) is 14.1 Å². The van der Waals surface area contributed by atoms with Gasteiger partial charge in [-0.05, 0) is 61.7 Å². The van der Waals surface area contributed by atoms with Crippen molar-refractivity contribution in [2.75, 3.05) is 52.1 Å². The fraction of sp³-hybridized carbons (Fsp3) is 0.714. The zero-order valence-electron chi connectivity index (χ0n) is 16.5. The molecule has 4 rings (SSSR count). The number of sulfonamides is 1. The number of rotatable bonds is 6. The molecule has 1 aliphatic carbocycles. The number of hydrogen-bond donors (Lipinski definition) is 0. The van der Waals surface area contributed by atoms with Gasteiger partial charge in [-0.2, -0.15) is 4.31 Å². The molecule has 0 bridgehead atoms. The molecule has 1 aromatic rings. The molecule has 0 amide bonds. The van der Waals surface area contributed by atoms with E-state index in [2.05, 4.69) is 34.1 Å². The molecule has 0 aromatic heterocycles. The van der Waals surface area contributed by atoms with E-state index in [0.29, 0.717) is 19.0 Å². The Kier molecular flexibility index (Phi) is 5.88. The first-order chi connectivity index (χ1) is 13.0. The zero-order chi connectivity index (χ0) is 18.9. The third-order valence-corrected chi connectivity index (χ3v) is 7.91. The van der Waals surface area contributed by atoms with Gasteiger partial charge in [0.05, 0.1) is 6.26 Å². The predicted molar refractivity (Wildman–Crippen MR) is 109 cm³/mol. The predicted octanol–water partition coefficient (Wildman–Crippen LogP) is 2.35. The van der Waals surface area contributed by atoms with E-state index in [9.17, 15) is 8.42 Å². The molecule has 0 unspecified atom stereocenters. The molecule has 0 N–H and O–H groups in total. The zero-order valence-corrected chi connectivity index (χ0v) is 17.3. The van der Waals surface area contributed by atoms with E-state index in [1.807, 2.05) is 0 Å². The molecule has 3 fully saturated rings. The quantitative estimate of drug-likeness (QED) is 0.747. The summed E-state index contributed by atoms with van der Waals surface area (Å²) in [5.41, 5.74) is 2.94. The lowest BCUT2D eigenvalue weighted by Crippen LogP contribution is -2.50. The van der Waals surface area contributed by atoms with Crippen LogP contribution in [0, 0.1) is 5.92 Å². The van der Waals surface area contributed by atoms with Crippen LogP contribution in [0.1, 0.15) is 42.7 Å². The van der Waals surface area contributed by atoms with Gasteiger partial charge in [0.2, 0.25) is 10.0 Å². The maximum absolute atomic E-state index is 11.6. The van der Waals surface area contributed by atoms with E-state index in [4.69, 9.17) is 0 Å². The second kappa shape index (κ2) is 8.19. The summed E-state index contributed by atoms with van der Waals surface area (Å²) in [7, 11) is -3.02. The molecule has 3 aliphatic rings. The fourth-order valence-electron chi connectivity index (χ4n) is 4.86. The Hall–Kier alpha value is -0.950. The summed E-state index contributed by atoms with van der Waals surface area (Å²) in [5, 5.41) is 0. The minimum absolute atomic E-state index is 0.646. The standard InChI is InChI=1S/C21H33N3O2S/c1-27(25,26)24-12-10-23(11-13-24)17-19-14-21(15-19)20-6-4-18(5-7-20)16-22-8-2-3-9-22/h4-7,19,21H,2-3,8-17H2,1H3. The van der Waals surface area contributed by atoms with Crippen molar-refractivity contribution in [2.24, 2.45) is 5.92 Å². The highest BCUT2D eigenvalue weighted by atomic mass is 32.2. The highest BCUT2D eigenvalue weighted by Gasteiger charge is 2.33. The maximum Gasteiger partial charge on any atom is 0.211 e. The smallest absolute Gasteiger partial charge is 0.211 e. The first-order valence-electron chi connectivity index (χ1n) is 10.5. The third kappa shape index (κ3) is 4.91. The molecule has 2 heterocycles. The Bertz CT molecular complexity index is 714. The molecule has 0 spiro atoms. The number of likely N-dealkylation sites (tertiary alicyclic amines) is 1. The lowest BCUT2D eigenvalue weighted by atomic mass is 9.71. The average Bonchev–Trinajstić information content (AvgIpc) is 3.11. The molecule has 0 radical (unpaired) electrons. The fourth-order valence-corrected chi connectivity index (χ4v) is 5.69. The Balaban J connectivity index is 1.19. The summed E-state index contributed by atoms with van der Waals surface area (Å²) in [5.74, 6) is 1.48. The molecular weight excluding hydrogens is 358 g/mol. The third-order valence-electron chi connectivity index (χ3n) is 6.61. The molecule has 5 nitrogen and oxygen atoms in total. The number of hydrogen-bond acceptors (Lipinski definition) is 4. The Morgan fingerprint density at radius 3 is 2.11 bits per heavy atom. The molecule has 150 valence electrons. The van der Waals surface area contributed by atoms with Crippen LogP contribution in [0.3, 0.4) is 0 Å². The largest absolute Gasteiger partial charge is 0.300 e. The lowest BCUT2D eigenvalue weighted by Gasteiger charge is -2.41. The van der Waals surface area contributed by atoms with Crippen LogP contribution in [0.25, 0.3) is 0 Å². The maximum atomic E-state index is 11.6. The van der Waals surface area contributed by atoms with Gasteiger partial charge >= 0.3 is 0 Å². The van der Waals surface area contributed by atoms with E-state index in [0.717, 1.165) is 32.1 Å². The normalized spacial score (nSPS) is 28.3. The molecule has 2 aliphatic heterocycles. The van der Waals surface area contributed by atoms with Gasteiger partial charge in [0.1, 0.15) is 0 Å². The minimum Gasteiger partial charge on any atom is -0.300 e. The van der Waals surface area contributed by atoms with Crippen molar-refractivity contribution in [3.63, 3.8) is 0 Å². The first-order valence-corrected chi connectivity index (χ1v) is 12.3. The molecule has 1 saturated carbocycles. The van der Waals surface area contributed by atoms with Crippen LogP contribution in [0.2, 0.25) is 0 Å². The van der Waals surface area contributed by atoms with E-state index >= 15 is 0 Å². The van der Waals surface area contributed by atoms with Crippen LogP contribution < -0.4 is 0 Å². The van der Waals surface area contributed by atoms with Gasteiger partial charge in [-0.25, -0.2) is 8.42 Å².